The van der Waals surface area contributed by atoms with Crippen molar-refractivity contribution >= 4 is 0 Å². The summed E-state index contributed by atoms with van der Waals surface area (Å²) in [6, 6.07) is 7.49. The van der Waals surface area contributed by atoms with Crippen molar-refractivity contribution in [1.29, 1.82) is 5.26 Å². The monoisotopic (exact) mass is 190 g/mol. The standard InChI is InChI=1S/C11H14N2O/c1-8-4-9(5-11(13)7-14)2-3-10(8)6-12/h2-4,11,14H,5,7,13H2,1H3/t11-/m1/s1. The molecule has 0 aliphatic rings. The van der Waals surface area contributed by atoms with Crippen LogP contribution in [0.2, 0.25) is 0 Å². The van der Waals surface area contributed by atoms with Crippen molar-refractivity contribution < 1.29 is 5.11 Å². The molecule has 0 heterocycles. The molecule has 1 rings (SSSR count). The lowest BCUT2D eigenvalue weighted by Gasteiger charge is -2.08. The van der Waals surface area contributed by atoms with E-state index in [0.717, 1.165) is 11.1 Å². The first-order valence-corrected chi connectivity index (χ1v) is 4.53. The Labute approximate surface area is 83.8 Å². The molecular formula is C11H14N2O. The maximum absolute atomic E-state index is 8.79. The Kier molecular flexibility index (Phi) is 3.63. The molecule has 0 saturated carbocycles. The number of aliphatic hydroxyl groups is 1. The van der Waals surface area contributed by atoms with Gasteiger partial charge >= 0.3 is 0 Å². The minimum Gasteiger partial charge on any atom is -0.395 e. The highest BCUT2D eigenvalue weighted by Gasteiger charge is 2.04. The average Bonchev–Trinajstić information content (AvgIpc) is 2.18. The van der Waals surface area contributed by atoms with Gasteiger partial charge in [-0.2, -0.15) is 5.26 Å². The number of nitrogens with zero attached hydrogens (tertiary/aromatic N) is 1. The van der Waals surface area contributed by atoms with Gasteiger partial charge in [0.1, 0.15) is 0 Å². The third-order valence-corrected chi connectivity index (χ3v) is 2.14. The van der Waals surface area contributed by atoms with Crippen LogP contribution in [0, 0.1) is 18.3 Å². The Morgan fingerprint density at radius 3 is 2.79 bits per heavy atom. The first-order chi connectivity index (χ1) is 6.67. The van der Waals surface area contributed by atoms with Gasteiger partial charge in [0.05, 0.1) is 18.2 Å². The Morgan fingerprint density at radius 2 is 2.29 bits per heavy atom. The second-order valence-electron chi connectivity index (χ2n) is 3.41. The lowest BCUT2D eigenvalue weighted by atomic mass is 10.0. The van der Waals surface area contributed by atoms with E-state index < -0.39 is 0 Å². The van der Waals surface area contributed by atoms with Crippen molar-refractivity contribution in [3.8, 4) is 6.07 Å². The maximum atomic E-state index is 8.79. The van der Waals surface area contributed by atoms with Gasteiger partial charge in [-0.3, -0.25) is 0 Å². The largest absolute Gasteiger partial charge is 0.395 e. The van der Waals surface area contributed by atoms with Crippen LogP contribution in [0.1, 0.15) is 16.7 Å². The number of benzene rings is 1. The molecule has 1 aromatic carbocycles. The summed E-state index contributed by atoms with van der Waals surface area (Å²) < 4.78 is 0. The van der Waals surface area contributed by atoms with Crippen molar-refractivity contribution in [3.63, 3.8) is 0 Å². The molecule has 0 fully saturated rings. The highest BCUT2D eigenvalue weighted by atomic mass is 16.3. The molecule has 0 saturated heterocycles. The molecule has 1 aromatic rings. The number of nitrogens with two attached hydrogens (primary N) is 1. The van der Waals surface area contributed by atoms with Gasteiger partial charge in [0.25, 0.3) is 0 Å². The normalized spacial score (nSPS) is 12.1. The van der Waals surface area contributed by atoms with E-state index in [0.29, 0.717) is 12.0 Å². The van der Waals surface area contributed by atoms with E-state index >= 15 is 0 Å². The minimum absolute atomic E-state index is 0.0148. The highest BCUT2D eigenvalue weighted by molar-refractivity contribution is 5.39. The summed E-state index contributed by atoms with van der Waals surface area (Å²) in [4.78, 5) is 0. The first-order valence-electron chi connectivity index (χ1n) is 4.53. The molecule has 3 N–H and O–H groups in total. The summed E-state index contributed by atoms with van der Waals surface area (Å²) >= 11 is 0. The molecule has 0 aromatic heterocycles. The van der Waals surface area contributed by atoms with E-state index in [9.17, 15) is 0 Å². The zero-order chi connectivity index (χ0) is 10.6. The quantitative estimate of drug-likeness (QED) is 0.738. The van der Waals surface area contributed by atoms with E-state index in [1.165, 1.54) is 0 Å². The summed E-state index contributed by atoms with van der Waals surface area (Å²) in [6.45, 7) is 1.88. The Bertz CT molecular complexity index is 355. The zero-order valence-electron chi connectivity index (χ0n) is 8.20. The van der Waals surface area contributed by atoms with Gasteiger partial charge in [-0.15, -0.1) is 0 Å². The molecule has 0 aliphatic heterocycles. The SMILES string of the molecule is Cc1cc(C[C@@H](N)CO)ccc1C#N. The van der Waals surface area contributed by atoms with Gasteiger partial charge in [-0.25, -0.2) is 0 Å². The molecule has 14 heavy (non-hydrogen) atoms. The first kappa shape index (κ1) is 10.7. The molecule has 0 unspecified atom stereocenters. The number of hydrogen-bond donors (Lipinski definition) is 2. The molecule has 0 radical (unpaired) electrons. The van der Waals surface area contributed by atoms with E-state index in [4.69, 9.17) is 16.1 Å². The van der Waals surface area contributed by atoms with Crippen molar-refractivity contribution in [2.45, 2.75) is 19.4 Å². The van der Waals surface area contributed by atoms with Crippen LogP contribution in [0.4, 0.5) is 0 Å². The number of nitriles is 1. The molecule has 0 amide bonds. The van der Waals surface area contributed by atoms with Crippen molar-refractivity contribution in [3.05, 3.63) is 34.9 Å². The van der Waals surface area contributed by atoms with Crippen LogP contribution in [0.15, 0.2) is 18.2 Å². The van der Waals surface area contributed by atoms with Gasteiger partial charge < -0.3 is 10.8 Å². The summed E-state index contributed by atoms with van der Waals surface area (Å²) in [5, 5.41) is 17.5. The van der Waals surface area contributed by atoms with Gasteiger partial charge in [0.2, 0.25) is 0 Å². The van der Waals surface area contributed by atoms with Crippen LogP contribution in [0.5, 0.6) is 0 Å². The summed E-state index contributed by atoms with van der Waals surface area (Å²) in [5.74, 6) is 0. The van der Waals surface area contributed by atoms with Gasteiger partial charge in [0.15, 0.2) is 0 Å². The van der Waals surface area contributed by atoms with Gasteiger partial charge in [-0.1, -0.05) is 12.1 Å². The molecule has 1 atom stereocenters. The van der Waals surface area contributed by atoms with E-state index in [-0.39, 0.29) is 12.6 Å². The average molecular weight is 190 g/mol. The fraction of sp³-hybridized carbons (Fsp3) is 0.364. The number of hydrogen-bond acceptors (Lipinski definition) is 3. The summed E-state index contributed by atoms with van der Waals surface area (Å²) in [6.07, 6.45) is 0.642. The van der Waals surface area contributed by atoms with Crippen molar-refractivity contribution in [2.24, 2.45) is 5.73 Å². The minimum atomic E-state index is -0.220. The van der Waals surface area contributed by atoms with Crippen molar-refractivity contribution in [1.82, 2.24) is 0 Å². The summed E-state index contributed by atoms with van der Waals surface area (Å²) in [5.41, 5.74) is 8.31. The van der Waals surface area contributed by atoms with Crippen molar-refractivity contribution in [2.75, 3.05) is 6.61 Å². The summed E-state index contributed by atoms with van der Waals surface area (Å²) in [7, 11) is 0. The van der Waals surface area contributed by atoms with Gasteiger partial charge in [0, 0.05) is 6.04 Å². The second kappa shape index (κ2) is 4.75. The molecule has 3 nitrogen and oxygen atoms in total. The molecule has 3 heteroatoms. The maximum Gasteiger partial charge on any atom is 0.0994 e. The van der Waals surface area contributed by atoms with E-state index in [2.05, 4.69) is 6.07 Å². The fourth-order valence-electron chi connectivity index (χ4n) is 1.35. The fourth-order valence-corrected chi connectivity index (χ4v) is 1.35. The third kappa shape index (κ3) is 2.56. The smallest absolute Gasteiger partial charge is 0.0994 e. The Balaban J connectivity index is 2.82. The van der Waals surface area contributed by atoms with E-state index in [1.807, 2.05) is 19.1 Å². The molecule has 74 valence electrons. The third-order valence-electron chi connectivity index (χ3n) is 2.14. The topological polar surface area (TPSA) is 70.0 Å². The van der Waals surface area contributed by atoms with Crippen LogP contribution in [-0.4, -0.2) is 17.8 Å². The molecule has 0 aliphatic carbocycles. The number of rotatable bonds is 3. The zero-order valence-corrected chi connectivity index (χ0v) is 8.20. The van der Waals surface area contributed by atoms with Crippen LogP contribution >= 0.6 is 0 Å². The molecule has 0 spiro atoms. The second-order valence-corrected chi connectivity index (χ2v) is 3.41. The van der Waals surface area contributed by atoms with Crippen LogP contribution in [0.25, 0.3) is 0 Å². The van der Waals surface area contributed by atoms with E-state index in [1.54, 1.807) is 6.07 Å². The lowest BCUT2D eigenvalue weighted by molar-refractivity contribution is 0.265. The van der Waals surface area contributed by atoms with Crippen LogP contribution in [0.3, 0.4) is 0 Å². The number of aliphatic hydroxyl groups excluding tert-OH is 1. The number of aryl methyl sites for hydroxylation is 1. The predicted molar refractivity (Wildman–Crippen MR) is 54.7 cm³/mol. The Hall–Kier alpha value is -1.37. The highest BCUT2D eigenvalue weighted by Crippen LogP contribution is 2.11. The van der Waals surface area contributed by atoms with Gasteiger partial charge in [-0.05, 0) is 30.5 Å². The lowest BCUT2D eigenvalue weighted by Crippen LogP contribution is -2.26. The predicted octanol–water partition coefficient (Wildman–Crippen LogP) is 0.729. The van der Waals surface area contributed by atoms with Crippen LogP contribution < -0.4 is 5.73 Å². The Morgan fingerprint density at radius 1 is 1.57 bits per heavy atom. The molecule has 0 bridgehead atoms. The van der Waals surface area contributed by atoms with Crippen LogP contribution in [-0.2, 0) is 6.42 Å². The molecular weight excluding hydrogens is 176 g/mol.